The molecule has 0 aromatic rings. The van der Waals surface area contributed by atoms with E-state index >= 15 is 0 Å². The lowest BCUT2D eigenvalue weighted by Crippen LogP contribution is -2.48. The van der Waals surface area contributed by atoms with Gasteiger partial charge in [0, 0.05) is 12.1 Å². The highest BCUT2D eigenvalue weighted by Crippen LogP contribution is 2.01. The summed E-state index contributed by atoms with van der Waals surface area (Å²) in [7, 11) is 0. The molecule has 94 valence electrons. The number of nitrogens with one attached hydrogen (secondary N) is 2. The van der Waals surface area contributed by atoms with Crippen molar-refractivity contribution in [1.29, 1.82) is 0 Å². The number of carbonyl (C=O) groups excluding carboxylic acids is 2. The average Bonchev–Trinajstić information content (AvgIpc) is 2.09. The van der Waals surface area contributed by atoms with Crippen molar-refractivity contribution in [2.45, 2.75) is 32.7 Å². The summed E-state index contributed by atoms with van der Waals surface area (Å²) in [5, 5.41) is 13.4. The van der Waals surface area contributed by atoms with Gasteiger partial charge in [-0.25, -0.2) is 4.79 Å². The molecule has 5 nitrogen and oxygen atoms in total. The lowest BCUT2D eigenvalue weighted by atomic mass is 10.1. The summed E-state index contributed by atoms with van der Waals surface area (Å²) >= 11 is 1.39. The van der Waals surface area contributed by atoms with Gasteiger partial charge in [-0.1, -0.05) is 0 Å². The smallest absolute Gasteiger partial charge is 0.321 e. The Morgan fingerprint density at radius 3 is 2.44 bits per heavy atom. The van der Waals surface area contributed by atoms with Gasteiger partial charge >= 0.3 is 6.03 Å². The Kier molecular flexibility index (Phi) is 7.16. The lowest BCUT2D eigenvalue weighted by Gasteiger charge is -2.20. The molecule has 0 unspecified atom stereocenters. The minimum atomic E-state index is -0.472. The number of rotatable bonds is 5. The van der Waals surface area contributed by atoms with Gasteiger partial charge in [-0.05, 0) is 32.9 Å². The molecular formula is C10H20N2O3S. The molecule has 0 aliphatic heterocycles. The minimum absolute atomic E-state index is 0.124. The molecule has 0 spiro atoms. The fourth-order valence-corrected chi connectivity index (χ4v) is 1.60. The van der Waals surface area contributed by atoms with Crippen LogP contribution in [0.2, 0.25) is 0 Å². The molecule has 0 bridgehead atoms. The van der Waals surface area contributed by atoms with Crippen molar-refractivity contribution in [1.82, 2.24) is 10.6 Å². The Morgan fingerprint density at radius 1 is 1.31 bits per heavy atom. The molecule has 0 radical (unpaired) electrons. The maximum absolute atomic E-state index is 11.3. The third-order valence-corrected chi connectivity index (χ3v) is 2.47. The van der Waals surface area contributed by atoms with Crippen LogP contribution in [-0.4, -0.2) is 40.7 Å². The molecule has 3 N–H and O–H groups in total. The Morgan fingerprint density at radius 2 is 1.94 bits per heavy atom. The zero-order valence-corrected chi connectivity index (χ0v) is 10.8. The van der Waals surface area contributed by atoms with Crippen molar-refractivity contribution >= 4 is 23.7 Å². The van der Waals surface area contributed by atoms with Gasteiger partial charge in [-0.2, -0.15) is 11.8 Å². The normalized spacial score (nSPS) is 11.0. The van der Waals surface area contributed by atoms with Crippen LogP contribution >= 0.6 is 11.8 Å². The van der Waals surface area contributed by atoms with Gasteiger partial charge in [-0.15, -0.1) is 0 Å². The SMILES string of the molecule is CC(C)(C)NC(=O)NC(=O)CSCCCO. The molecule has 0 rings (SSSR count). The van der Waals surface area contributed by atoms with Gasteiger partial charge in [0.2, 0.25) is 5.91 Å². The largest absolute Gasteiger partial charge is 0.396 e. The van der Waals surface area contributed by atoms with Gasteiger partial charge in [0.1, 0.15) is 0 Å². The summed E-state index contributed by atoms with van der Waals surface area (Å²) in [5.74, 6) is 0.632. The fourth-order valence-electron chi connectivity index (χ4n) is 0.866. The van der Waals surface area contributed by atoms with Gasteiger partial charge in [0.15, 0.2) is 0 Å². The number of imide groups is 1. The van der Waals surface area contributed by atoms with Crippen LogP contribution in [0.5, 0.6) is 0 Å². The predicted molar refractivity (Wildman–Crippen MR) is 65.5 cm³/mol. The molecule has 0 fully saturated rings. The molecule has 0 aliphatic rings. The van der Waals surface area contributed by atoms with E-state index in [0.29, 0.717) is 12.2 Å². The number of aliphatic hydroxyl groups excluding tert-OH is 1. The highest BCUT2D eigenvalue weighted by molar-refractivity contribution is 7.99. The summed E-state index contributed by atoms with van der Waals surface area (Å²) in [6, 6.07) is -0.472. The number of hydrogen-bond donors (Lipinski definition) is 3. The van der Waals surface area contributed by atoms with E-state index in [1.807, 2.05) is 20.8 Å². The molecule has 6 heteroatoms. The van der Waals surface area contributed by atoms with E-state index in [1.165, 1.54) is 11.8 Å². The van der Waals surface area contributed by atoms with E-state index in [9.17, 15) is 9.59 Å². The summed E-state index contributed by atoms with van der Waals surface area (Å²) < 4.78 is 0. The van der Waals surface area contributed by atoms with Crippen LogP contribution < -0.4 is 10.6 Å². The second kappa shape index (κ2) is 7.51. The Labute approximate surface area is 100 Å². The molecule has 16 heavy (non-hydrogen) atoms. The topological polar surface area (TPSA) is 78.4 Å². The van der Waals surface area contributed by atoms with Crippen molar-refractivity contribution in [3.8, 4) is 0 Å². The van der Waals surface area contributed by atoms with Crippen molar-refractivity contribution in [2.24, 2.45) is 0 Å². The minimum Gasteiger partial charge on any atom is -0.396 e. The van der Waals surface area contributed by atoms with E-state index in [0.717, 1.165) is 0 Å². The van der Waals surface area contributed by atoms with Gasteiger partial charge in [-0.3, -0.25) is 10.1 Å². The molecule has 0 heterocycles. The Balaban J connectivity index is 3.67. The van der Waals surface area contributed by atoms with Crippen LogP contribution in [0.1, 0.15) is 27.2 Å². The number of hydrogen-bond acceptors (Lipinski definition) is 4. The molecule has 0 saturated heterocycles. The summed E-state index contributed by atoms with van der Waals surface area (Å²) in [5.41, 5.74) is -0.353. The van der Waals surface area contributed by atoms with E-state index in [-0.39, 0.29) is 23.8 Å². The molecule has 0 saturated carbocycles. The molecule has 0 aliphatic carbocycles. The van der Waals surface area contributed by atoms with Crippen LogP contribution in [0.15, 0.2) is 0 Å². The number of thioether (sulfide) groups is 1. The molecule has 0 aromatic heterocycles. The van der Waals surface area contributed by atoms with Crippen molar-refractivity contribution in [3.05, 3.63) is 0 Å². The maximum atomic E-state index is 11.3. The molecule has 0 atom stereocenters. The number of urea groups is 1. The van der Waals surface area contributed by atoms with Crippen molar-refractivity contribution < 1.29 is 14.7 Å². The first-order valence-corrected chi connectivity index (χ1v) is 6.31. The second-order valence-electron chi connectivity index (χ2n) is 4.38. The quantitative estimate of drug-likeness (QED) is 0.627. The first-order valence-electron chi connectivity index (χ1n) is 5.16. The maximum Gasteiger partial charge on any atom is 0.321 e. The van der Waals surface area contributed by atoms with Crippen molar-refractivity contribution in [2.75, 3.05) is 18.1 Å². The Hall–Kier alpha value is -0.750. The van der Waals surface area contributed by atoms with E-state index < -0.39 is 6.03 Å². The third kappa shape index (κ3) is 9.79. The van der Waals surface area contributed by atoms with Crippen LogP contribution in [0.25, 0.3) is 0 Å². The number of carbonyl (C=O) groups is 2. The highest BCUT2D eigenvalue weighted by Gasteiger charge is 2.15. The highest BCUT2D eigenvalue weighted by atomic mass is 32.2. The van der Waals surface area contributed by atoms with Gasteiger partial charge < -0.3 is 10.4 Å². The predicted octanol–water partition coefficient (Wildman–Crippen LogP) is 0.726. The van der Waals surface area contributed by atoms with E-state index in [4.69, 9.17) is 5.11 Å². The third-order valence-electron chi connectivity index (χ3n) is 1.42. The number of amides is 3. The molecule has 3 amide bonds. The van der Waals surface area contributed by atoms with E-state index in [2.05, 4.69) is 10.6 Å². The standard InChI is InChI=1S/C10H20N2O3S/c1-10(2,3)12-9(15)11-8(14)7-16-6-4-5-13/h13H,4-7H2,1-3H3,(H2,11,12,14,15). The van der Waals surface area contributed by atoms with Crippen LogP contribution in [-0.2, 0) is 4.79 Å². The summed E-state index contributed by atoms with van der Waals surface area (Å²) in [4.78, 5) is 22.5. The van der Waals surface area contributed by atoms with Gasteiger partial charge in [0.05, 0.1) is 5.75 Å². The number of aliphatic hydroxyl groups is 1. The second-order valence-corrected chi connectivity index (χ2v) is 5.49. The van der Waals surface area contributed by atoms with Gasteiger partial charge in [0.25, 0.3) is 0 Å². The monoisotopic (exact) mass is 248 g/mol. The fraction of sp³-hybridized carbons (Fsp3) is 0.800. The Bertz CT molecular complexity index is 239. The van der Waals surface area contributed by atoms with Crippen molar-refractivity contribution in [3.63, 3.8) is 0 Å². The van der Waals surface area contributed by atoms with Crippen LogP contribution in [0.3, 0.4) is 0 Å². The van der Waals surface area contributed by atoms with Crippen LogP contribution in [0, 0.1) is 0 Å². The first-order chi connectivity index (χ1) is 7.35. The van der Waals surface area contributed by atoms with E-state index in [1.54, 1.807) is 0 Å². The average molecular weight is 248 g/mol. The summed E-state index contributed by atoms with van der Waals surface area (Å²) in [6.07, 6.45) is 0.659. The zero-order valence-electron chi connectivity index (χ0n) is 10.0. The van der Waals surface area contributed by atoms with Crippen LogP contribution in [0.4, 0.5) is 4.79 Å². The first kappa shape index (κ1) is 15.2. The summed E-state index contributed by atoms with van der Waals surface area (Å²) in [6.45, 7) is 5.65. The zero-order chi connectivity index (χ0) is 12.6. The molecular weight excluding hydrogens is 228 g/mol. The molecule has 0 aromatic carbocycles. The lowest BCUT2D eigenvalue weighted by molar-refractivity contribution is -0.117.